The zero-order valence-corrected chi connectivity index (χ0v) is 9.69. The summed E-state index contributed by atoms with van der Waals surface area (Å²) < 4.78 is 0. The number of hydrogen-bond acceptors (Lipinski definition) is 4. The first-order valence-corrected chi connectivity index (χ1v) is 5.76. The smallest absolute Gasteiger partial charge is 0.130 e. The highest BCUT2D eigenvalue weighted by Crippen LogP contribution is 2.24. The molecule has 0 aliphatic carbocycles. The molecule has 1 fully saturated rings. The van der Waals surface area contributed by atoms with Crippen molar-refractivity contribution in [2.24, 2.45) is 0 Å². The van der Waals surface area contributed by atoms with Crippen LogP contribution in [0, 0.1) is 0 Å². The van der Waals surface area contributed by atoms with Crippen LogP contribution in [0.25, 0.3) is 0 Å². The maximum Gasteiger partial charge on any atom is 0.130 e. The molecule has 1 unspecified atom stereocenters. The molecule has 3 N–H and O–H groups in total. The third kappa shape index (κ3) is 2.64. The number of pyridine rings is 1. The molecule has 4 heteroatoms. The van der Waals surface area contributed by atoms with Gasteiger partial charge in [-0.15, -0.1) is 0 Å². The Bertz CT molecular complexity index is 365. The van der Waals surface area contributed by atoms with Gasteiger partial charge in [0.25, 0.3) is 0 Å². The summed E-state index contributed by atoms with van der Waals surface area (Å²) in [6.45, 7) is 3.68. The van der Waals surface area contributed by atoms with Crippen molar-refractivity contribution in [1.82, 2.24) is 4.98 Å². The lowest BCUT2D eigenvalue weighted by molar-refractivity contribution is 0.0481. The van der Waals surface area contributed by atoms with Crippen molar-refractivity contribution in [3.8, 4) is 0 Å². The number of nitrogen functional groups attached to an aromatic ring is 1. The average molecular weight is 221 g/mol. The van der Waals surface area contributed by atoms with E-state index >= 15 is 0 Å². The summed E-state index contributed by atoms with van der Waals surface area (Å²) in [5, 5.41) is 10.0. The topological polar surface area (TPSA) is 62.4 Å². The minimum absolute atomic E-state index is 0.533. The predicted octanol–water partition coefficient (Wildman–Crippen LogP) is 1.41. The molecule has 0 saturated carbocycles. The fourth-order valence-corrected chi connectivity index (χ4v) is 2.10. The predicted molar refractivity (Wildman–Crippen MR) is 65.3 cm³/mol. The lowest BCUT2D eigenvalue weighted by atomic mass is 9.98. The molecule has 0 bridgehead atoms. The summed E-state index contributed by atoms with van der Waals surface area (Å²) in [4.78, 5) is 6.51. The van der Waals surface area contributed by atoms with E-state index in [1.807, 2.05) is 13.0 Å². The van der Waals surface area contributed by atoms with Crippen molar-refractivity contribution in [2.75, 3.05) is 23.7 Å². The highest BCUT2D eigenvalue weighted by Gasteiger charge is 2.25. The lowest BCUT2D eigenvalue weighted by Crippen LogP contribution is -2.28. The van der Waals surface area contributed by atoms with Crippen molar-refractivity contribution < 1.29 is 5.11 Å². The third-order valence-electron chi connectivity index (χ3n) is 3.16. The zero-order chi connectivity index (χ0) is 11.6. The minimum atomic E-state index is -0.533. The molecule has 2 rings (SSSR count). The molecule has 88 valence electrons. The molecule has 4 nitrogen and oxygen atoms in total. The van der Waals surface area contributed by atoms with Crippen LogP contribution >= 0.6 is 0 Å². The summed E-state index contributed by atoms with van der Waals surface area (Å²) in [5.74, 6) is 0.915. The van der Waals surface area contributed by atoms with Crippen LogP contribution < -0.4 is 10.6 Å². The molecule has 16 heavy (non-hydrogen) atoms. The Morgan fingerprint density at radius 2 is 2.25 bits per heavy atom. The number of nitrogens with zero attached hydrogens (tertiary/aromatic N) is 2. The van der Waals surface area contributed by atoms with E-state index in [4.69, 9.17) is 5.73 Å². The number of aliphatic hydroxyl groups is 1. The van der Waals surface area contributed by atoms with Crippen LogP contribution in [0.15, 0.2) is 18.3 Å². The van der Waals surface area contributed by atoms with Crippen LogP contribution in [0.4, 0.5) is 11.5 Å². The van der Waals surface area contributed by atoms with Crippen LogP contribution in [-0.4, -0.2) is 28.8 Å². The molecular weight excluding hydrogens is 202 g/mol. The van der Waals surface area contributed by atoms with Crippen LogP contribution in [0.3, 0.4) is 0 Å². The minimum Gasteiger partial charge on any atom is -0.399 e. The van der Waals surface area contributed by atoms with Gasteiger partial charge in [0.15, 0.2) is 0 Å². The molecule has 1 atom stereocenters. The van der Waals surface area contributed by atoms with E-state index in [0.717, 1.165) is 43.9 Å². The molecular formula is C12H19N3O. The largest absolute Gasteiger partial charge is 0.399 e. The first-order valence-electron chi connectivity index (χ1n) is 5.76. The van der Waals surface area contributed by atoms with Crippen LogP contribution in [-0.2, 0) is 0 Å². The summed E-state index contributed by atoms with van der Waals surface area (Å²) >= 11 is 0. The molecule has 1 aliphatic heterocycles. The van der Waals surface area contributed by atoms with E-state index in [1.165, 1.54) is 0 Å². The maximum atomic E-state index is 10.0. The normalized spacial score (nSPS) is 26.5. The van der Waals surface area contributed by atoms with Crippen LogP contribution in [0.5, 0.6) is 0 Å². The number of hydrogen-bond donors (Lipinski definition) is 2. The standard InChI is InChI=1S/C12H19N3O/c1-12(16)4-2-7-15(8-5-12)11-9-10(13)3-6-14-11/h3,6,9,16H,2,4-5,7-8H2,1H3,(H2,13,14). The van der Waals surface area contributed by atoms with E-state index in [2.05, 4.69) is 9.88 Å². The molecule has 1 aromatic heterocycles. The number of aromatic nitrogens is 1. The second kappa shape index (κ2) is 4.29. The van der Waals surface area contributed by atoms with Gasteiger partial charge < -0.3 is 15.7 Å². The molecule has 0 aromatic carbocycles. The monoisotopic (exact) mass is 221 g/mol. The molecule has 0 radical (unpaired) electrons. The Morgan fingerprint density at radius 1 is 1.44 bits per heavy atom. The second-order valence-electron chi connectivity index (χ2n) is 4.78. The number of nitrogens with two attached hydrogens (primary N) is 1. The summed E-state index contributed by atoms with van der Waals surface area (Å²) in [5.41, 5.74) is 5.95. The quantitative estimate of drug-likeness (QED) is 0.752. The van der Waals surface area contributed by atoms with Crippen molar-refractivity contribution in [3.05, 3.63) is 18.3 Å². The third-order valence-corrected chi connectivity index (χ3v) is 3.16. The molecule has 0 spiro atoms. The van der Waals surface area contributed by atoms with Crippen LogP contribution in [0.1, 0.15) is 26.2 Å². The van der Waals surface area contributed by atoms with E-state index in [0.29, 0.717) is 0 Å². The first-order chi connectivity index (χ1) is 7.57. The van der Waals surface area contributed by atoms with Gasteiger partial charge in [-0.2, -0.15) is 0 Å². The molecule has 1 aromatic rings. The van der Waals surface area contributed by atoms with Crippen LogP contribution in [0.2, 0.25) is 0 Å². The fourth-order valence-electron chi connectivity index (χ4n) is 2.10. The van der Waals surface area contributed by atoms with Gasteiger partial charge >= 0.3 is 0 Å². The van der Waals surface area contributed by atoms with E-state index in [-0.39, 0.29) is 0 Å². The van der Waals surface area contributed by atoms with Crippen molar-refractivity contribution in [2.45, 2.75) is 31.8 Å². The SMILES string of the molecule is CC1(O)CCCN(c2cc(N)ccn2)CC1. The summed E-state index contributed by atoms with van der Waals surface area (Å²) in [7, 11) is 0. The van der Waals surface area contributed by atoms with Gasteiger partial charge in [-0.1, -0.05) is 0 Å². The van der Waals surface area contributed by atoms with E-state index in [9.17, 15) is 5.11 Å². The second-order valence-corrected chi connectivity index (χ2v) is 4.78. The highest BCUT2D eigenvalue weighted by atomic mass is 16.3. The van der Waals surface area contributed by atoms with Crippen molar-refractivity contribution in [3.63, 3.8) is 0 Å². The van der Waals surface area contributed by atoms with Gasteiger partial charge in [0, 0.05) is 31.0 Å². The van der Waals surface area contributed by atoms with Gasteiger partial charge in [-0.05, 0) is 32.3 Å². The number of rotatable bonds is 1. The van der Waals surface area contributed by atoms with Gasteiger partial charge in [0.1, 0.15) is 5.82 Å². The van der Waals surface area contributed by atoms with E-state index in [1.54, 1.807) is 12.3 Å². The zero-order valence-electron chi connectivity index (χ0n) is 9.69. The van der Waals surface area contributed by atoms with Crippen molar-refractivity contribution >= 4 is 11.5 Å². The Hall–Kier alpha value is -1.29. The highest BCUT2D eigenvalue weighted by molar-refractivity contribution is 5.50. The van der Waals surface area contributed by atoms with Gasteiger partial charge in [0.2, 0.25) is 0 Å². The lowest BCUT2D eigenvalue weighted by Gasteiger charge is -2.23. The number of anilines is 2. The Balaban J connectivity index is 2.11. The van der Waals surface area contributed by atoms with Gasteiger partial charge in [0.05, 0.1) is 5.60 Å². The maximum absolute atomic E-state index is 10.0. The molecule has 0 amide bonds. The average Bonchev–Trinajstić information content (AvgIpc) is 2.39. The van der Waals surface area contributed by atoms with Gasteiger partial charge in [-0.3, -0.25) is 0 Å². The van der Waals surface area contributed by atoms with Crippen molar-refractivity contribution in [1.29, 1.82) is 0 Å². The Kier molecular flexibility index (Phi) is 3.01. The Morgan fingerprint density at radius 3 is 3.00 bits per heavy atom. The summed E-state index contributed by atoms with van der Waals surface area (Å²) in [6, 6.07) is 3.68. The molecule has 1 saturated heterocycles. The van der Waals surface area contributed by atoms with E-state index < -0.39 is 5.60 Å². The Labute approximate surface area is 96.1 Å². The molecule has 2 heterocycles. The van der Waals surface area contributed by atoms with Gasteiger partial charge in [-0.25, -0.2) is 4.98 Å². The first kappa shape index (κ1) is 11.2. The summed E-state index contributed by atoms with van der Waals surface area (Å²) in [6.07, 6.45) is 4.35. The molecule has 1 aliphatic rings. The fraction of sp³-hybridized carbons (Fsp3) is 0.583.